The van der Waals surface area contributed by atoms with Crippen molar-refractivity contribution in [2.75, 3.05) is 73.6 Å². The molecule has 2 aromatic rings. The highest BCUT2D eigenvalue weighted by atomic mass is 16.2. The molecule has 8 heterocycles. The highest BCUT2D eigenvalue weighted by Crippen LogP contribution is 2.35. The SMILES string of the molecule is CC(C)(CN1CC(C)(C)NC(C)(C)C1=O)Nc1nc(CCCCCCc2nc(NC(C)(C)CN3CC(C)(C)NC(C)(C)C3=O)nc(NC3(C)CNC3N3CC(C)(C)NC(C)(C)C3=O)n2)nc(NC2(C)CNC2N2CC(C)(C)NC(C)(C)C2=O)n1. The zero-order chi connectivity index (χ0) is 62.5. The first kappa shape index (κ1) is 64.8. The quantitative estimate of drug-likeness (QED) is 0.0793. The molecule has 0 aliphatic carbocycles. The molecule has 24 nitrogen and oxygen atoms in total. The maximum absolute atomic E-state index is 13.9. The Hall–Kier alpha value is -5.14. The van der Waals surface area contributed by atoms with Crippen LogP contribution in [-0.2, 0) is 32.0 Å². The van der Waals surface area contributed by atoms with Gasteiger partial charge in [-0.15, -0.1) is 0 Å². The van der Waals surface area contributed by atoms with Crippen molar-refractivity contribution in [2.24, 2.45) is 0 Å². The van der Waals surface area contributed by atoms with E-state index in [1.54, 1.807) is 0 Å². The maximum atomic E-state index is 13.9. The van der Waals surface area contributed by atoms with Crippen LogP contribution in [0.1, 0.15) is 190 Å². The van der Waals surface area contributed by atoms with Crippen molar-refractivity contribution in [3.05, 3.63) is 11.6 Å². The molecule has 6 aliphatic rings. The van der Waals surface area contributed by atoms with Crippen molar-refractivity contribution >= 4 is 47.4 Å². The first-order chi connectivity index (χ1) is 38.2. The summed E-state index contributed by atoms with van der Waals surface area (Å²) in [5.74, 6) is 3.03. The third kappa shape index (κ3) is 14.6. The summed E-state index contributed by atoms with van der Waals surface area (Å²) in [5.41, 5.74) is -6.51. The number of hydrogen-bond acceptors (Lipinski definition) is 20. The summed E-state index contributed by atoms with van der Waals surface area (Å²) in [6, 6.07) is 0. The van der Waals surface area contributed by atoms with Crippen molar-refractivity contribution in [3.63, 3.8) is 0 Å². The Bertz CT molecular complexity index is 2640. The van der Waals surface area contributed by atoms with Gasteiger partial charge in [-0.05, 0) is 165 Å². The number of amides is 4. The molecule has 6 saturated heterocycles. The molecule has 2 aromatic heterocycles. The number of rotatable bonds is 21. The molecule has 0 bridgehead atoms. The zero-order valence-corrected chi connectivity index (χ0v) is 55.2. The number of hydrogen-bond donors (Lipinski definition) is 10. The van der Waals surface area contributed by atoms with E-state index in [2.05, 4.69) is 150 Å². The Balaban J connectivity index is 0.984. The molecule has 0 saturated carbocycles. The number of aromatic nitrogens is 6. The van der Waals surface area contributed by atoms with Gasteiger partial charge in [0.2, 0.25) is 47.4 Å². The van der Waals surface area contributed by atoms with Gasteiger partial charge < -0.3 is 40.9 Å². The van der Waals surface area contributed by atoms with Crippen LogP contribution in [0, 0.1) is 0 Å². The van der Waals surface area contributed by atoms with Gasteiger partial charge in [-0.1, -0.05) is 12.8 Å². The molecule has 10 N–H and O–H groups in total. The molecule has 6 aliphatic heterocycles. The van der Waals surface area contributed by atoms with Crippen molar-refractivity contribution in [1.82, 2.24) is 81.4 Å². The minimum Gasteiger partial charge on any atom is -0.347 e. The largest absolute Gasteiger partial charge is 0.347 e. The van der Waals surface area contributed by atoms with Crippen molar-refractivity contribution in [2.45, 2.75) is 270 Å². The summed E-state index contributed by atoms with van der Waals surface area (Å²) in [7, 11) is 0. The molecule has 4 unspecified atom stereocenters. The number of nitrogens with one attached hydrogen (secondary N) is 10. The second-order valence-corrected chi connectivity index (χ2v) is 32.1. The molecule has 24 heteroatoms. The molecule has 0 spiro atoms. The van der Waals surface area contributed by atoms with Crippen LogP contribution >= 0.6 is 0 Å². The number of anilines is 4. The van der Waals surface area contributed by atoms with E-state index >= 15 is 0 Å². The summed E-state index contributed by atoms with van der Waals surface area (Å²) in [5, 5.41) is 35.6. The molecule has 8 rings (SSSR count). The summed E-state index contributed by atoms with van der Waals surface area (Å²) in [6.45, 7) is 49.1. The average Bonchev–Trinajstić information content (AvgIpc) is 0.893. The molecule has 6 fully saturated rings. The lowest BCUT2D eigenvalue weighted by molar-refractivity contribution is -0.153. The third-order valence-corrected chi connectivity index (χ3v) is 17.1. The van der Waals surface area contributed by atoms with Crippen LogP contribution in [0.5, 0.6) is 0 Å². The van der Waals surface area contributed by atoms with E-state index in [9.17, 15) is 19.2 Å². The Kier molecular flexibility index (Phi) is 16.9. The van der Waals surface area contributed by atoms with Crippen LogP contribution in [0.4, 0.5) is 23.8 Å². The fraction of sp³-hybridized carbons (Fsp3) is 0.833. The molecule has 0 radical (unpaired) electrons. The Morgan fingerprint density at radius 2 is 0.714 bits per heavy atom. The predicted molar refractivity (Wildman–Crippen MR) is 330 cm³/mol. The van der Waals surface area contributed by atoms with Crippen LogP contribution in [0.15, 0.2) is 0 Å². The molecule has 0 aromatic carbocycles. The molecule has 84 heavy (non-hydrogen) atoms. The van der Waals surface area contributed by atoms with E-state index in [-0.39, 0.29) is 58.1 Å². The van der Waals surface area contributed by atoms with Gasteiger partial charge in [0, 0.05) is 87.4 Å². The average molecular weight is 1170 g/mol. The number of carbonyl (C=O) groups is 4. The summed E-state index contributed by atoms with van der Waals surface area (Å²) >= 11 is 0. The lowest BCUT2D eigenvalue weighted by atomic mass is 9.83. The lowest BCUT2D eigenvalue weighted by Gasteiger charge is -2.58. The van der Waals surface area contributed by atoms with Gasteiger partial charge in [-0.3, -0.25) is 51.1 Å². The molecule has 4 amide bonds. The van der Waals surface area contributed by atoms with Crippen LogP contribution in [0.3, 0.4) is 0 Å². The van der Waals surface area contributed by atoms with Crippen molar-refractivity contribution in [1.29, 1.82) is 0 Å². The molecular formula is C60H106N20O4. The van der Waals surface area contributed by atoms with Crippen molar-refractivity contribution < 1.29 is 19.2 Å². The molecule has 470 valence electrons. The van der Waals surface area contributed by atoms with E-state index in [1.165, 1.54) is 0 Å². The second-order valence-electron chi connectivity index (χ2n) is 32.1. The summed E-state index contributed by atoms with van der Waals surface area (Å²) < 4.78 is 0. The summed E-state index contributed by atoms with van der Waals surface area (Å²) in [4.78, 5) is 93.2. The third-order valence-electron chi connectivity index (χ3n) is 17.1. The minimum atomic E-state index is -0.743. The van der Waals surface area contributed by atoms with E-state index in [1.807, 2.05) is 75.0 Å². The van der Waals surface area contributed by atoms with Gasteiger partial charge in [0.05, 0.1) is 44.3 Å². The van der Waals surface area contributed by atoms with E-state index in [4.69, 9.17) is 29.9 Å². The second kappa shape index (κ2) is 21.9. The standard InChI is InChI=1S/C60H106N20O4/c1-49(2,31-77-33-51(5,6)73-55(13,14)41(77)81)69-45-63-37(65-47(67-45)71-59(21)29-61-39(59)79-35-53(9,10)75-57(17,18)43(79)83)27-25-23-24-26-28-38-64-46(70-50(3,4)32-78-34-52(7,8)74-56(15,16)42(78)82)68-48(66-38)72-60(22)30-62-40(60)80-36-54(11,12)76-58(19,20)44(80)84/h39-40,61-62,73-76H,23-36H2,1-22H3,(H2,63,65,67,69,71)(H2,64,66,68,70,72). The normalized spacial score (nSPS) is 28.5. The highest BCUT2D eigenvalue weighted by molar-refractivity contribution is 5.89. The van der Waals surface area contributed by atoms with Gasteiger partial charge >= 0.3 is 0 Å². The van der Waals surface area contributed by atoms with Gasteiger partial charge in [-0.2, -0.15) is 29.9 Å². The number of unbranched alkanes of at least 4 members (excludes halogenated alkanes) is 3. The predicted octanol–water partition coefficient (Wildman–Crippen LogP) is 3.94. The van der Waals surface area contributed by atoms with Gasteiger partial charge in [0.25, 0.3) is 0 Å². The zero-order valence-electron chi connectivity index (χ0n) is 55.2. The monoisotopic (exact) mass is 1170 g/mol. The Labute approximate surface area is 501 Å². The van der Waals surface area contributed by atoms with Gasteiger partial charge in [0.15, 0.2) is 0 Å². The van der Waals surface area contributed by atoms with E-state index in [0.717, 1.165) is 25.7 Å². The summed E-state index contributed by atoms with van der Waals surface area (Å²) in [6.07, 6.45) is 3.95. The first-order valence-corrected chi connectivity index (χ1v) is 30.7. The lowest BCUT2D eigenvalue weighted by Crippen LogP contribution is -2.82. The van der Waals surface area contributed by atoms with Gasteiger partial charge in [-0.25, -0.2) is 0 Å². The number of carbonyl (C=O) groups excluding carboxylic acids is 4. The van der Waals surface area contributed by atoms with Crippen LogP contribution in [0.2, 0.25) is 0 Å². The topological polar surface area (TPSA) is 279 Å². The number of aryl methyl sites for hydroxylation is 2. The van der Waals surface area contributed by atoms with Gasteiger partial charge in [0.1, 0.15) is 24.0 Å². The maximum Gasteiger partial charge on any atom is 0.243 e. The van der Waals surface area contributed by atoms with Crippen LogP contribution in [-0.4, -0.2) is 204 Å². The van der Waals surface area contributed by atoms with E-state index in [0.29, 0.717) is 101 Å². The highest BCUT2D eigenvalue weighted by Gasteiger charge is 2.56. The Morgan fingerprint density at radius 1 is 0.417 bits per heavy atom. The van der Waals surface area contributed by atoms with Crippen molar-refractivity contribution in [3.8, 4) is 0 Å². The first-order valence-electron chi connectivity index (χ1n) is 30.7. The number of piperazine rings is 4. The molecular weight excluding hydrogens is 1060 g/mol. The van der Waals surface area contributed by atoms with E-state index < -0.39 is 44.3 Å². The minimum absolute atomic E-state index is 0.0240. The number of nitrogens with zero attached hydrogens (tertiary/aromatic N) is 10. The Morgan fingerprint density at radius 3 is 1.02 bits per heavy atom. The fourth-order valence-electron chi connectivity index (χ4n) is 14.5. The van der Waals surface area contributed by atoms with Crippen LogP contribution in [0.25, 0.3) is 0 Å². The fourth-order valence-corrected chi connectivity index (χ4v) is 14.5. The molecule has 4 atom stereocenters. The smallest absolute Gasteiger partial charge is 0.243 e. The van der Waals surface area contributed by atoms with Crippen LogP contribution < -0.4 is 53.2 Å².